The summed E-state index contributed by atoms with van der Waals surface area (Å²) in [6, 6.07) is 0. The molecule has 1 aliphatic rings. The molecule has 0 saturated carbocycles. The van der Waals surface area contributed by atoms with Gasteiger partial charge in [-0.05, 0) is 52.5 Å². The molecule has 0 aliphatic heterocycles. The lowest BCUT2D eigenvalue weighted by molar-refractivity contribution is -0.114. The molecule has 1 rings (SSSR count). The summed E-state index contributed by atoms with van der Waals surface area (Å²) in [6.45, 7) is 6.40. The molecule has 0 N–H and O–H groups in total. The average Bonchev–Trinajstić information content (AvgIpc) is 2.56. The standard InChI is InChI=1S/C15H22O/c1-15(2,3)11-7-5-4-6-8-13-9-10-14(16)12-13/h12H,4-6,8-10H2,1-3H3. The van der Waals surface area contributed by atoms with E-state index in [9.17, 15) is 4.79 Å². The van der Waals surface area contributed by atoms with E-state index in [-0.39, 0.29) is 5.41 Å². The summed E-state index contributed by atoms with van der Waals surface area (Å²) in [5.74, 6) is 6.77. The first-order chi connectivity index (χ1) is 7.47. The van der Waals surface area contributed by atoms with E-state index in [4.69, 9.17) is 0 Å². The van der Waals surface area contributed by atoms with Crippen molar-refractivity contribution in [1.82, 2.24) is 0 Å². The zero-order chi connectivity index (χ0) is 12.0. The summed E-state index contributed by atoms with van der Waals surface area (Å²) < 4.78 is 0. The first kappa shape index (κ1) is 13.0. The van der Waals surface area contributed by atoms with E-state index >= 15 is 0 Å². The fourth-order valence-corrected chi connectivity index (χ4v) is 1.75. The van der Waals surface area contributed by atoms with Crippen molar-refractivity contribution in [2.45, 2.75) is 59.3 Å². The van der Waals surface area contributed by atoms with E-state index in [1.807, 2.05) is 6.08 Å². The largest absolute Gasteiger partial charge is 0.295 e. The Balaban J connectivity index is 2.10. The fraction of sp³-hybridized carbons (Fsp3) is 0.667. The highest BCUT2D eigenvalue weighted by Gasteiger charge is 2.10. The van der Waals surface area contributed by atoms with Gasteiger partial charge in [-0.1, -0.05) is 11.5 Å². The third kappa shape index (κ3) is 5.75. The number of ketones is 1. The van der Waals surface area contributed by atoms with Crippen molar-refractivity contribution in [2.24, 2.45) is 5.41 Å². The van der Waals surface area contributed by atoms with Crippen molar-refractivity contribution in [3.8, 4) is 11.8 Å². The molecule has 1 heteroatoms. The number of rotatable bonds is 4. The van der Waals surface area contributed by atoms with Crippen LogP contribution < -0.4 is 0 Å². The van der Waals surface area contributed by atoms with Crippen LogP contribution in [0.25, 0.3) is 0 Å². The van der Waals surface area contributed by atoms with Crippen molar-refractivity contribution in [3.05, 3.63) is 11.6 Å². The van der Waals surface area contributed by atoms with E-state index in [2.05, 4.69) is 32.6 Å². The molecule has 0 aromatic rings. The number of hydrogen-bond acceptors (Lipinski definition) is 1. The van der Waals surface area contributed by atoms with Crippen LogP contribution in [-0.2, 0) is 4.79 Å². The number of allylic oxidation sites excluding steroid dienone is 2. The van der Waals surface area contributed by atoms with Gasteiger partial charge >= 0.3 is 0 Å². The number of carbonyl (C=O) groups is 1. The summed E-state index contributed by atoms with van der Waals surface area (Å²) in [4.78, 5) is 11.0. The number of carbonyl (C=O) groups excluding carboxylic acids is 1. The highest BCUT2D eigenvalue weighted by atomic mass is 16.1. The molecule has 0 unspecified atom stereocenters. The average molecular weight is 218 g/mol. The van der Waals surface area contributed by atoms with Crippen LogP contribution in [0.5, 0.6) is 0 Å². The molecule has 1 aliphatic carbocycles. The van der Waals surface area contributed by atoms with Crippen LogP contribution in [0, 0.1) is 17.3 Å². The van der Waals surface area contributed by atoms with Crippen molar-refractivity contribution >= 4 is 5.78 Å². The lowest BCUT2D eigenvalue weighted by Gasteiger charge is -2.06. The highest BCUT2D eigenvalue weighted by molar-refractivity contribution is 5.92. The van der Waals surface area contributed by atoms with Gasteiger partial charge in [0.15, 0.2) is 5.78 Å². The van der Waals surface area contributed by atoms with Gasteiger partial charge in [0.05, 0.1) is 0 Å². The monoisotopic (exact) mass is 218 g/mol. The van der Waals surface area contributed by atoms with Crippen molar-refractivity contribution in [3.63, 3.8) is 0 Å². The van der Waals surface area contributed by atoms with Crippen LogP contribution in [0.3, 0.4) is 0 Å². The van der Waals surface area contributed by atoms with E-state index in [1.165, 1.54) is 5.57 Å². The van der Waals surface area contributed by atoms with Gasteiger partial charge in [0.1, 0.15) is 0 Å². The summed E-state index contributed by atoms with van der Waals surface area (Å²) in [5.41, 5.74) is 1.47. The summed E-state index contributed by atoms with van der Waals surface area (Å²) in [5, 5.41) is 0. The van der Waals surface area contributed by atoms with Crippen LogP contribution in [0.1, 0.15) is 59.3 Å². The molecule has 0 heterocycles. The van der Waals surface area contributed by atoms with Crippen molar-refractivity contribution < 1.29 is 4.79 Å². The quantitative estimate of drug-likeness (QED) is 0.517. The molecule has 0 bridgehead atoms. The Bertz CT molecular complexity index is 331. The highest BCUT2D eigenvalue weighted by Crippen LogP contribution is 2.20. The SMILES string of the molecule is CC(C)(C)C#CCCCCC1=CC(=O)CC1. The van der Waals surface area contributed by atoms with Crippen molar-refractivity contribution in [1.29, 1.82) is 0 Å². The topological polar surface area (TPSA) is 17.1 Å². The minimum Gasteiger partial charge on any atom is -0.295 e. The lowest BCUT2D eigenvalue weighted by atomic mass is 9.97. The smallest absolute Gasteiger partial charge is 0.155 e. The molecule has 16 heavy (non-hydrogen) atoms. The van der Waals surface area contributed by atoms with E-state index < -0.39 is 0 Å². The number of unbranched alkanes of at least 4 members (excludes halogenated alkanes) is 2. The van der Waals surface area contributed by atoms with Gasteiger partial charge in [0.2, 0.25) is 0 Å². The second-order valence-corrected chi connectivity index (χ2v) is 5.53. The molecule has 0 aromatic heterocycles. The predicted octanol–water partition coefficient (Wildman–Crippen LogP) is 3.89. The van der Waals surface area contributed by atoms with Crippen LogP contribution in [0.2, 0.25) is 0 Å². The molecule has 1 nitrogen and oxygen atoms in total. The lowest BCUT2D eigenvalue weighted by Crippen LogP contribution is -1.99. The molecule has 88 valence electrons. The minimum atomic E-state index is 0.125. The molecular weight excluding hydrogens is 196 g/mol. The minimum absolute atomic E-state index is 0.125. The van der Waals surface area contributed by atoms with Gasteiger partial charge in [-0.15, -0.1) is 5.92 Å². The molecule has 0 amide bonds. The van der Waals surface area contributed by atoms with Gasteiger partial charge in [0.25, 0.3) is 0 Å². The van der Waals surface area contributed by atoms with Gasteiger partial charge in [-0.2, -0.15) is 0 Å². The third-order valence-electron chi connectivity index (χ3n) is 2.57. The van der Waals surface area contributed by atoms with E-state index in [1.54, 1.807) is 0 Å². The molecular formula is C15H22O. The summed E-state index contributed by atoms with van der Waals surface area (Å²) >= 11 is 0. The summed E-state index contributed by atoms with van der Waals surface area (Å²) in [7, 11) is 0. The molecule has 0 fully saturated rings. The van der Waals surface area contributed by atoms with Crippen LogP contribution in [0.4, 0.5) is 0 Å². The Kier molecular flexibility index (Phi) is 4.80. The Hall–Kier alpha value is -1.03. The van der Waals surface area contributed by atoms with E-state index in [0.29, 0.717) is 5.78 Å². The number of hydrogen-bond donors (Lipinski definition) is 0. The molecule has 0 spiro atoms. The van der Waals surface area contributed by atoms with Crippen LogP contribution in [-0.4, -0.2) is 5.78 Å². The molecule has 0 saturated heterocycles. The maximum atomic E-state index is 11.0. The van der Waals surface area contributed by atoms with Gasteiger partial charge in [0, 0.05) is 18.3 Å². The zero-order valence-corrected chi connectivity index (χ0v) is 10.7. The summed E-state index contributed by atoms with van der Waals surface area (Å²) in [6.07, 6.45) is 7.94. The predicted molar refractivity (Wildman–Crippen MR) is 68.0 cm³/mol. The van der Waals surface area contributed by atoms with E-state index in [0.717, 1.165) is 38.5 Å². The maximum Gasteiger partial charge on any atom is 0.155 e. The third-order valence-corrected chi connectivity index (χ3v) is 2.57. The van der Waals surface area contributed by atoms with Crippen LogP contribution >= 0.6 is 0 Å². The van der Waals surface area contributed by atoms with Gasteiger partial charge in [-0.3, -0.25) is 4.79 Å². The Morgan fingerprint density at radius 3 is 2.56 bits per heavy atom. The maximum absolute atomic E-state index is 11.0. The Labute approximate surface area is 99.3 Å². The second kappa shape index (κ2) is 5.89. The van der Waals surface area contributed by atoms with Gasteiger partial charge in [-0.25, -0.2) is 0 Å². The van der Waals surface area contributed by atoms with Crippen molar-refractivity contribution in [2.75, 3.05) is 0 Å². The zero-order valence-electron chi connectivity index (χ0n) is 10.7. The van der Waals surface area contributed by atoms with Gasteiger partial charge < -0.3 is 0 Å². The molecule has 0 atom stereocenters. The first-order valence-corrected chi connectivity index (χ1v) is 6.20. The Morgan fingerprint density at radius 2 is 2.00 bits per heavy atom. The normalized spacial score (nSPS) is 15.7. The second-order valence-electron chi connectivity index (χ2n) is 5.53. The Morgan fingerprint density at radius 1 is 1.25 bits per heavy atom. The molecule has 0 aromatic carbocycles. The first-order valence-electron chi connectivity index (χ1n) is 6.20. The fourth-order valence-electron chi connectivity index (χ4n) is 1.75. The molecule has 0 radical (unpaired) electrons. The van der Waals surface area contributed by atoms with Crippen LogP contribution in [0.15, 0.2) is 11.6 Å².